The fourth-order valence-corrected chi connectivity index (χ4v) is 4.70. The zero-order valence-electron chi connectivity index (χ0n) is 17.4. The van der Waals surface area contributed by atoms with Gasteiger partial charge in [-0.25, -0.2) is 8.42 Å². The van der Waals surface area contributed by atoms with E-state index in [-0.39, 0.29) is 18.5 Å². The Bertz CT molecular complexity index is 1180. The molecule has 0 fully saturated rings. The molecule has 3 aromatic rings. The molecule has 1 amide bonds. The molecular weight excluding hydrogens is 412 g/mol. The molecule has 0 aliphatic carbocycles. The third-order valence-electron chi connectivity index (χ3n) is 5.26. The summed E-state index contributed by atoms with van der Waals surface area (Å²) in [5.41, 5.74) is 2.35. The van der Waals surface area contributed by atoms with Crippen molar-refractivity contribution in [1.29, 1.82) is 0 Å². The van der Waals surface area contributed by atoms with E-state index >= 15 is 0 Å². The number of nitrogens with zero attached hydrogens (tertiary/aromatic N) is 2. The lowest BCUT2D eigenvalue weighted by Crippen LogP contribution is -2.45. The number of sulfonamides is 1. The van der Waals surface area contributed by atoms with Crippen LogP contribution in [-0.4, -0.2) is 33.2 Å². The SMILES string of the molecule is C[C@H]1Cc2ccccc2N1C(=O)CN(c1ccc(Oc2ccccc2)cc1)S(C)(=O)=O. The van der Waals surface area contributed by atoms with E-state index in [1.807, 2.05) is 61.5 Å². The first-order valence-corrected chi connectivity index (χ1v) is 11.9. The highest BCUT2D eigenvalue weighted by molar-refractivity contribution is 7.92. The molecule has 0 spiro atoms. The Balaban J connectivity index is 1.55. The van der Waals surface area contributed by atoms with Crippen LogP contribution in [0.25, 0.3) is 0 Å². The summed E-state index contributed by atoms with van der Waals surface area (Å²) in [6, 6.07) is 23.7. The fourth-order valence-electron chi connectivity index (χ4n) is 3.85. The van der Waals surface area contributed by atoms with Crippen molar-refractivity contribution in [3.05, 3.63) is 84.4 Å². The number of carbonyl (C=O) groups is 1. The van der Waals surface area contributed by atoms with E-state index in [4.69, 9.17) is 4.74 Å². The second-order valence-electron chi connectivity index (χ2n) is 7.62. The van der Waals surface area contributed by atoms with Crippen LogP contribution in [-0.2, 0) is 21.2 Å². The molecule has 0 radical (unpaired) electrons. The Hall–Kier alpha value is -3.32. The van der Waals surface area contributed by atoms with Gasteiger partial charge in [-0.15, -0.1) is 0 Å². The monoisotopic (exact) mass is 436 g/mol. The van der Waals surface area contributed by atoms with Crippen molar-refractivity contribution < 1.29 is 17.9 Å². The third-order valence-corrected chi connectivity index (χ3v) is 6.40. The van der Waals surface area contributed by atoms with Crippen LogP contribution in [0.5, 0.6) is 11.5 Å². The molecule has 0 saturated heterocycles. The van der Waals surface area contributed by atoms with Crippen LogP contribution in [0.1, 0.15) is 12.5 Å². The molecule has 0 unspecified atom stereocenters. The Morgan fingerprint density at radius 2 is 1.58 bits per heavy atom. The van der Waals surface area contributed by atoms with Gasteiger partial charge in [-0.05, 0) is 61.4 Å². The van der Waals surface area contributed by atoms with Crippen molar-refractivity contribution in [3.8, 4) is 11.5 Å². The van der Waals surface area contributed by atoms with Gasteiger partial charge in [-0.1, -0.05) is 36.4 Å². The molecule has 0 bridgehead atoms. The standard InChI is InChI=1S/C24H24N2O4S/c1-18-16-19-8-6-7-11-23(19)26(18)24(27)17-25(31(2,28)29)20-12-14-22(15-13-20)30-21-9-4-3-5-10-21/h3-15,18H,16-17H2,1-2H3/t18-/m0/s1. The lowest BCUT2D eigenvalue weighted by Gasteiger charge is -2.28. The van der Waals surface area contributed by atoms with E-state index in [1.165, 1.54) is 0 Å². The number of fused-ring (bicyclic) bond motifs is 1. The van der Waals surface area contributed by atoms with E-state index in [1.54, 1.807) is 29.2 Å². The highest BCUT2D eigenvalue weighted by Gasteiger charge is 2.33. The Morgan fingerprint density at radius 1 is 0.968 bits per heavy atom. The lowest BCUT2D eigenvalue weighted by molar-refractivity contribution is -0.117. The number of para-hydroxylation sites is 2. The number of amides is 1. The first kappa shape index (κ1) is 20.9. The average molecular weight is 437 g/mol. The molecule has 160 valence electrons. The number of hydrogen-bond acceptors (Lipinski definition) is 4. The van der Waals surface area contributed by atoms with Gasteiger partial charge in [0.1, 0.15) is 18.0 Å². The number of anilines is 2. The zero-order chi connectivity index (χ0) is 22.0. The molecule has 0 aromatic heterocycles. The van der Waals surface area contributed by atoms with Crippen molar-refractivity contribution in [2.24, 2.45) is 0 Å². The van der Waals surface area contributed by atoms with Gasteiger partial charge >= 0.3 is 0 Å². The quantitative estimate of drug-likeness (QED) is 0.580. The largest absolute Gasteiger partial charge is 0.457 e. The molecule has 0 N–H and O–H groups in total. The second-order valence-corrected chi connectivity index (χ2v) is 9.53. The van der Waals surface area contributed by atoms with E-state index in [0.717, 1.165) is 28.2 Å². The van der Waals surface area contributed by atoms with Gasteiger partial charge in [-0.3, -0.25) is 9.10 Å². The number of carbonyl (C=O) groups excluding carboxylic acids is 1. The summed E-state index contributed by atoms with van der Waals surface area (Å²) in [6.07, 6.45) is 1.86. The summed E-state index contributed by atoms with van der Waals surface area (Å²) in [5, 5.41) is 0. The Kier molecular flexibility index (Phi) is 5.69. The summed E-state index contributed by atoms with van der Waals surface area (Å²) in [7, 11) is -3.66. The van der Waals surface area contributed by atoms with Gasteiger partial charge in [-0.2, -0.15) is 0 Å². The van der Waals surface area contributed by atoms with Crippen molar-refractivity contribution in [1.82, 2.24) is 0 Å². The van der Waals surface area contributed by atoms with Gasteiger partial charge in [0.25, 0.3) is 0 Å². The average Bonchev–Trinajstić information content (AvgIpc) is 3.08. The van der Waals surface area contributed by atoms with E-state index in [9.17, 15) is 13.2 Å². The molecule has 6 nitrogen and oxygen atoms in total. The molecular formula is C24H24N2O4S. The lowest BCUT2D eigenvalue weighted by atomic mass is 10.1. The zero-order valence-corrected chi connectivity index (χ0v) is 18.2. The minimum atomic E-state index is -3.66. The van der Waals surface area contributed by atoms with Gasteiger partial charge in [0.05, 0.1) is 11.9 Å². The molecule has 7 heteroatoms. The highest BCUT2D eigenvalue weighted by Crippen LogP contribution is 2.32. The molecule has 1 heterocycles. The first-order chi connectivity index (χ1) is 14.8. The fraction of sp³-hybridized carbons (Fsp3) is 0.208. The Labute approximate surface area is 182 Å². The number of benzene rings is 3. The van der Waals surface area contributed by atoms with Crippen molar-refractivity contribution in [3.63, 3.8) is 0 Å². The van der Waals surface area contributed by atoms with E-state index < -0.39 is 10.0 Å². The van der Waals surface area contributed by atoms with Crippen LogP contribution in [0.4, 0.5) is 11.4 Å². The summed E-state index contributed by atoms with van der Waals surface area (Å²) in [6.45, 7) is 1.70. The van der Waals surface area contributed by atoms with Crippen LogP contribution in [0, 0.1) is 0 Å². The van der Waals surface area contributed by atoms with Crippen LogP contribution < -0.4 is 13.9 Å². The predicted octanol–water partition coefficient (Wildman–Crippen LogP) is 4.22. The molecule has 3 aromatic carbocycles. The van der Waals surface area contributed by atoms with Gasteiger partial charge in [0, 0.05) is 11.7 Å². The third kappa shape index (κ3) is 4.56. The molecule has 31 heavy (non-hydrogen) atoms. The van der Waals surface area contributed by atoms with Crippen LogP contribution in [0.3, 0.4) is 0 Å². The van der Waals surface area contributed by atoms with E-state index in [0.29, 0.717) is 17.2 Å². The predicted molar refractivity (Wildman–Crippen MR) is 122 cm³/mol. The summed E-state index contributed by atoms with van der Waals surface area (Å²) >= 11 is 0. The maximum absolute atomic E-state index is 13.2. The highest BCUT2D eigenvalue weighted by atomic mass is 32.2. The molecule has 4 rings (SSSR count). The number of ether oxygens (including phenoxy) is 1. The van der Waals surface area contributed by atoms with E-state index in [2.05, 4.69) is 0 Å². The second kappa shape index (κ2) is 8.43. The minimum Gasteiger partial charge on any atom is -0.457 e. The number of hydrogen-bond donors (Lipinski definition) is 0. The van der Waals surface area contributed by atoms with Gasteiger partial charge < -0.3 is 9.64 Å². The molecule has 1 atom stereocenters. The van der Waals surface area contributed by atoms with Crippen LogP contribution in [0.15, 0.2) is 78.9 Å². The van der Waals surface area contributed by atoms with Crippen molar-refractivity contribution in [2.75, 3.05) is 22.0 Å². The molecule has 1 aliphatic heterocycles. The van der Waals surface area contributed by atoms with Crippen molar-refractivity contribution >= 4 is 27.3 Å². The van der Waals surface area contributed by atoms with Crippen LogP contribution >= 0.6 is 0 Å². The van der Waals surface area contributed by atoms with Gasteiger partial charge in [0.2, 0.25) is 15.9 Å². The number of rotatable bonds is 6. The normalized spacial score (nSPS) is 15.4. The van der Waals surface area contributed by atoms with Gasteiger partial charge in [0.15, 0.2) is 0 Å². The smallest absolute Gasteiger partial charge is 0.248 e. The van der Waals surface area contributed by atoms with Crippen molar-refractivity contribution in [2.45, 2.75) is 19.4 Å². The minimum absolute atomic E-state index is 0.0204. The summed E-state index contributed by atoms with van der Waals surface area (Å²) < 4.78 is 31.9. The molecule has 0 saturated carbocycles. The maximum atomic E-state index is 13.2. The molecule has 1 aliphatic rings. The topological polar surface area (TPSA) is 66.9 Å². The first-order valence-electron chi connectivity index (χ1n) is 10.0. The Morgan fingerprint density at radius 3 is 2.26 bits per heavy atom. The summed E-state index contributed by atoms with van der Waals surface area (Å²) in [5.74, 6) is 1.01. The summed E-state index contributed by atoms with van der Waals surface area (Å²) in [4.78, 5) is 14.8. The van der Waals surface area contributed by atoms with Crippen LogP contribution in [0.2, 0.25) is 0 Å². The maximum Gasteiger partial charge on any atom is 0.248 e.